The molecular formula is C11H16O2S. The Kier molecular flexibility index (Phi) is 3.54. The van der Waals surface area contributed by atoms with Gasteiger partial charge in [-0.1, -0.05) is 12.8 Å². The minimum absolute atomic E-state index is 0.362. The number of hydrogen-bond acceptors (Lipinski definition) is 3. The fourth-order valence-corrected chi connectivity index (χ4v) is 3.16. The molecule has 0 amide bonds. The van der Waals surface area contributed by atoms with Crippen LogP contribution >= 0.6 is 11.8 Å². The van der Waals surface area contributed by atoms with Crippen LogP contribution in [0, 0.1) is 0 Å². The molecule has 1 saturated carbocycles. The van der Waals surface area contributed by atoms with Gasteiger partial charge in [0.25, 0.3) is 0 Å². The molecule has 1 unspecified atom stereocenters. The quantitative estimate of drug-likeness (QED) is 0.833. The van der Waals surface area contributed by atoms with Crippen molar-refractivity contribution >= 4 is 11.8 Å². The van der Waals surface area contributed by atoms with Crippen molar-refractivity contribution in [2.75, 3.05) is 5.75 Å². The Labute approximate surface area is 88.7 Å². The number of hydrogen-bond donors (Lipinski definition) is 1. The minimum Gasteiger partial charge on any atom is -0.472 e. The first-order valence-corrected chi connectivity index (χ1v) is 6.23. The van der Waals surface area contributed by atoms with Crippen molar-refractivity contribution in [3.8, 4) is 0 Å². The highest BCUT2D eigenvalue weighted by molar-refractivity contribution is 7.99. The van der Waals surface area contributed by atoms with Gasteiger partial charge in [-0.15, -0.1) is 0 Å². The molecule has 2 rings (SSSR count). The summed E-state index contributed by atoms with van der Waals surface area (Å²) in [5.41, 5.74) is 0.899. The molecule has 2 nitrogen and oxygen atoms in total. The van der Waals surface area contributed by atoms with Crippen molar-refractivity contribution < 1.29 is 9.52 Å². The highest BCUT2D eigenvalue weighted by Gasteiger charge is 2.17. The molecular weight excluding hydrogens is 196 g/mol. The van der Waals surface area contributed by atoms with Gasteiger partial charge in [-0.2, -0.15) is 11.8 Å². The molecule has 1 fully saturated rings. The van der Waals surface area contributed by atoms with Gasteiger partial charge in [0, 0.05) is 16.6 Å². The van der Waals surface area contributed by atoms with Crippen molar-refractivity contribution in [1.82, 2.24) is 0 Å². The summed E-state index contributed by atoms with van der Waals surface area (Å²) in [6.45, 7) is 0. The van der Waals surface area contributed by atoms with E-state index in [1.807, 2.05) is 17.8 Å². The number of aliphatic hydroxyl groups excluding tert-OH is 1. The predicted molar refractivity (Wildman–Crippen MR) is 58.4 cm³/mol. The summed E-state index contributed by atoms with van der Waals surface area (Å²) in [5.74, 6) is 0.796. The van der Waals surface area contributed by atoms with E-state index in [1.165, 1.54) is 25.7 Å². The molecule has 0 radical (unpaired) electrons. The molecule has 1 aromatic rings. The van der Waals surface area contributed by atoms with E-state index in [0.717, 1.165) is 16.6 Å². The van der Waals surface area contributed by atoms with Gasteiger partial charge in [-0.05, 0) is 18.9 Å². The van der Waals surface area contributed by atoms with E-state index in [9.17, 15) is 5.11 Å². The molecule has 1 heterocycles. The number of aliphatic hydroxyl groups is 1. The van der Waals surface area contributed by atoms with Gasteiger partial charge in [0.05, 0.1) is 18.6 Å². The Balaban J connectivity index is 1.74. The van der Waals surface area contributed by atoms with Crippen LogP contribution in [0.25, 0.3) is 0 Å². The molecule has 0 aromatic carbocycles. The summed E-state index contributed by atoms with van der Waals surface area (Å²) in [6, 6.07) is 1.83. The first kappa shape index (κ1) is 10.1. The SMILES string of the molecule is OC(CSC1CCCC1)c1ccoc1. The first-order chi connectivity index (χ1) is 6.86. The lowest BCUT2D eigenvalue weighted by Crippen LogP contribution is -2.03. The molecule has 78 valence electrons. The van der Waals surface area contributed by atoms with Gasteiger partial charge in [0.1, 0.15) is 0 Å². The Morgan fingerprint density at radius 2 is 2.29 bits per heavy atom. The Bertz CT molecular complexity index is 252. The molecule has 0 aliphatic heterocycles. The molecule has 1 aliphatic carbocycles. The van der Waals surface area contributed by atoms with Crippen LogP contribution in [-0.2, 0) is 0 Å². The summed E-state index contributed by atoms with van der Waals surface area (Å²) in [7, 11) is 0. The fourth-order valence-electron chi connectivity index (χ4n) is 1.84. The maximum atomic E-state index is 9.79. The third-order valence-corrected chi connectivity index (χ3v) is 4.17. The van der Waals surface area contributed by atoms with Crippen LogP contribution in [0.15, 0.2) is 23.0 Å². The van der Waals surface area contributed by atoms with Crippen LogP contribution in [0.5, 0.6) is 0 Å². The second-order valence-electron chi connectivity index (χ2n) is 3.81. The van der Waals surface area contributed by atoms with Gasteiger partial charge in [0.15, 0.2) is 0 Å². The highest BCUT2D eigenvalue weighted by Crippen LogP contribution is 2.31. The van der Waals surface area contributed by atoms with Gasteiger partial charge in [-0.25, -0.2) is 0 Å². The van der Waals surface area contributed by atoms with Crippen LogP contribution in [0.1, 0.15) is 37.4 Å². The molecule has 0 bridgehead atoms. The normalized spacial score (nSPS) is 20.1. The zero-order chi connectivity index (χ0) is 9.80. The lowest BCUT2D eigenvalue weighted by Gasteiger charge is -2.11. The Hall–Kier alpha value is -0.410. The molecule has 0 saturated heterocycles. The summed E-state index contributed by atoms with van der Waals surface area (Å²) < 4.78 is 4.94. The monoisotopic (exact) mass is 212 g/mol. The van der Waals surface area contributed by atoms with E-state index >= 15 is 0 Å². The van der Waals surface area contributed by atoms with E-state index < -0.39 is 0 Å². The van der Waals surface area contributed by atoms with E-state index in [2.05, 4.69) is 0 Å². The summed E-state index contributed by atoms with van der Waals surface area (Å²) in [5, 5.41) is 10.6. The zero-order valence-corrected chi connectivity index (χ0v) is 9.00. The average molecular weight is 212 g/mol. The fraction of sp³-hybridized carbons (Fsp3) is 0.636. The van der Waals surface area contributed by atoms with Crippen molar-refractivity contribution in [2.24, 2.45) is 0 Å². The van der Waals surface area contributed by atoms with Crippen LogP contribution < -0.4 is 0 Å². The second kappa shape index (κ2) is 4.89. The topological polar surface area (TPSA) is 33.4 Å². The summed E-state index contributed by atoms with van der Waals surface area (Å²) >= 11 is 1.90. The maximum Gasteiger partial charge on any atom is 0.0960 e. The first-order valence-electron chi connectivity index (χ1n) is 5.18. The zero-order valence-electron chi connectivity index (χ0n) is 8.19. The second-order valence-corrected chi connectivity index (χ2v) is 5.15. The molecule has 1 atom stereocenters. The minimum atomic E-state index is -0.362. The molecule has 14 heavy (non-hydrogen) atoms. The molecule has 1 aromatic heterocycles. The van der Waals surface area contributed by atoms with Crippen LogP contribution in [0.3, 0.4) is 0 Å². The maximum absolute atomic E-state index is 9.79. The van der Waals surface area contributed by atoms with Gasteiger partial charge < -0.3 is 9.52 Å². The van der Waals surface area contributed by atoms with Crippen LogP contribution in [0.4, 0.5) is 0 Å². The highest BCUT2D eigenvalue weighted by atomic mass is 32.2. The predicted octanol–water partition coefficient (Wildman–Crippen LogP) is 2.99. The van der Waals surface area contributed by atoms with Gasteiger partial charge >= 0.3 is 0 Å². The Morgan fingerprint density at radius 3 is 2.93 bits per heavy atom. The molecule has 3 heteroatoms. The van der Waals surface area contributed by atoms with Gasteiger partial charge in [0.2, 0.25) is 0 Å². The largest absolute Gasteiger partial charge is 0.472 e. The third-order valence-electron chi connectivity index (χ3n) is 2.72. The standard InChI is InChI=1S/C11H16O2S/c12-11(9-5-6-13-7-9)8-14-10-3-1-2-4-10/h5-7,10-12H,1-4,8H2. The number of rotatable bonds is 4. The smallest absolute Gasteiger partial charge is 0.0960 e. The van der Waals surface area contributed by atoms with E-state index in [4.69, 9.17) is 4.42 Å². The molecule has 1 N–H and O–H groups in total. The van der Waals surface area contributed by atoms with E-state index in [0.29, 0.717) is 0 Å². The summed E-state index contributed by atoms with van der Waals surface area (Å²) in [4.78, 5) is 0. The van der Waals surface area contributed by atoms with Crippen molar-refractivity contribution in [3.63, 3.8) is 0 Å². The summed E-state index contributed by atoms with van der Waals surface area (Å²) in [6.07, 6.45) is 8.24. The van der Waals surface area contributed by atoms with Crippen LogP contribution in [-0.4, -0.2) is 16.1 Å². The average Bonchev–Trinajstić information content (AvgIpc) is 2.87. The third kappa shape index (κ3) is 2.55. The molecule has 0 spiro atoms. The van der Waals surface area contributed by atoms with Crippen molar-refractivity contribution in [2.45, 2.75) is 37.0 Å². The Morgan fingerprint density at radius 1 is 1.50 bits per heavy atom. The van der Waals surface area contributed by atoms with Crippen molar-refractivity contribution in [3.05, 3.63) is 24.2 Å². The van der Waals surface area contributed by atoms with Crippen molar-refractivity contribution in [1.29, 1.82) is 0 Å². The van der Waals surface area contributed by atoms with Crippen LogP contribution in [0.2, 0.25) is 0 Å². The lowest BCUT2D eigenvalue weighted by atomic mass is 10.2. The lowest BCUT2D eigenvalue weighted by molar-refractivity contribution is 0.203. The number of thioether (sulfide) groups is 1. The van der Waals surface area contributed by atoms with E-state index in [-0.39, 0.29) is 6.10 Å². The molecule has 1 aliphatic rings. The van der Waals surface area contributed by atoms with E-state index in [1.54, 1.807) is 12.5 Å². The number of furan rings is 1. The van der Waals surface area contributed by atoms with Gasteiger partial charge in [-0.3, -0.25) is 0 Å².